The molecule has 0 fully saturated rings. The first kappa shape index (κ1) is 39.3. The number of nitrogens with zero attached hydrogens (tertiary/aromatic N) is 5. The summed E-state index contributed by atoms with van der Waals surface area (Å²) in [5.74, 6) is 0. The van der Waals surface area contributed by atoms with Crippen molar-refractivity contribution in [1.82, 2.24) is 13.7 Å². The van der Waals surface area contributed by atoms with Crippen molar-refractivity contribution < 1.29 is 0 Å². The van der Waals surface area contributed by atoms with E-state index in [1.54, 1.807) is 0 Å². The SMILES string of the molecule is c1ccc(N(c2ccccc2)c2cc3c4c(c2)-n2c5c(cccc5c5c6c(c7ccccc7n6-c6ccccc6)c6c(c7ccccc7n6-c6ccccc6)c52)B4c2ccccc2N3c2ccccc2)cc1. The molecule has 0 radical (unpaired) electrons. The third kappa shape index (κ3) is 5.27. The Balaban J connectivity index is 1.18. The molecule has 0 saturated heterocycles. The standard InChI is InChI=1S/C66H42BN5/c1-6-23-43(24-7-1)68(44-25-8-2-9-26-44)48-41-57-62-58(42-48)72-63-51(35-22-37-53(63)67(62)52-36-18-21-40-56(52)69(57)45-27-10-3-11-28-45)61-65-59(49-33-16-19-38-54(49)71(65)47-31-14-5-15-32-47)64-60(66(61)72)50-34-17-20-39-55(50)70(64)46-29-12-4-13-30-46/h1-42H. The highest BCUT2D eigenvalue weighted by molar-refractivity contribution is 7.00. The summed E-state index contributed by atoms with van der Waals surface area (Å²) < 4.78 is 7.78. The molecule has 0 saturated carbocycles. The van der Waals surface area contributed by atoms with Gasteiger partial charge in [-0.25, -0.2) is 0 Å². The van der Waals surface area contributed by atoms with Gasteiger partial charge in [-0.3, -0.25) is 0 Å². The second-order valence-electron chi connectivity index (χ2n) is 19.2. The highest BCUT2D eigenvalue weighted by Gasteiger charge is 2.43. The van der Waals surface area contributed by atoms with Crippen molar-refractivity contribution in [3.05, 3.63) is 255 Å². The molecule has 5 heterocycles. The summed E-state index contributed by atoms with van der Waals surface area (Å²) in [6, 6.07) is 93.9. The number of fused-ring (bicyclic) bond motifs is 16. The maximum atomic E-state index is 2.70. The van der Waals surface area contributed by atoms with Crippen molar-refractivity contribution in [2.45, 2.75) is 0 Å². The van der Waals surface area contributed by atoms with E-state index in [1.807, 2.05) is 0 Å². The highest BCUT2D eigenvalue weighted by Crippen LogP contribution is 2.52. The van der Waals surface area contributed by atoms with Crippen LogP contribution in [0.25, 0.3) is 82.5 Å². The van der Waals surface area contributed by atoms with Gasteiger partial charge in [-0.15, -0.1) is 0 Å². The second-order valence-corrected chi connectivity index (χ2v) is 19.2. The van der Waals surface area contributed by atoms with E-state index < -0.39 is 0 Å². The van der Waals surface area contributed by atoms with Crippen LogP contribution in [0.3, 0.4) is 0 Å². The molecule has 0 aliphatic carbocycles. The van der Waals surface area contributed by atoms with E-state index in [-0.39, 0.29) is 6.71 Å². The topological polar surface area (TPSA) is 21.3 Å². The van der Waals surface area contributed by atoms with Gasteiger partial charge in [0.05, 0.1) is 33.3 Å². The maximum Gasteiger partial charge on any atom is 0.252 e. The summed E-state index contributed by atoms with van der Waals surface area (Å²) in [4.78, 5) is 4.95. The number of anilines is 6. The van der Waals surface area contributed by atoms with Gasteiger partial charge in [-0.05, 0) is 107 Å². The van der Waals surface area contributed by atoms with Gasteiger partial charge in [0.25, 0.3) is 6.71 Å². The molecule has 2 aliphatic heterocycles. The monoisotopic (exact) mass is 915 g/mol. The molecule has 11 aromatic carbocycles. The smallest absolute Gasteiger partial charge is 0.252 e. The third-order valence-corrected chi connectivity index (χ3v) is 15.5. The molecule has 16 rings (SSSR count). The lowest BCUT2D eigenvalue weighted by molar-refractivity contribution is 1.16. The highest BCUT2D eigenvalue weighted by atomic mass is 15.2. The van der Waals surface area contributed by atoms with Gasteiger partial charge in [-0.2, -0.15) is 0 Å². The maximum absolute atomic E-state index is 2.70. The van der Waals surface area contributed by atoms with Crippen LogP contribution < -0.4 is 26.2 Å². The van der Waals surface area contributed by atoms with Crippen molar-refractivity contribution in [1.29, 1.82) is 0 Å². The molecule has 2 aliphatic rings. The Morgan fingerprint density at radius 1 is 0.292 bits per heavy atom. The van der Waals surface area contributed by atoms with Crippen molar-refractivity contribution in [3.63, 3.8) is 0 Å². The molecule has 3 aromatic heterocycles. The Kier molecular flexibility index (Phi) is 8.19. The number of rotatable bonds is 6. The molecule has 0 spiro atoms. The molecule has 334 valence electrons. The van der Waals surface area contributed by atoms with Gasteiger partial charge in [0, 0.05) is 83.3 Å². The predicted octanol–water partition coefficient (Wildman–Crippen LogP) is 15.1. The normalized spacial score (nSPS) is 12.7. The summed E-state index contributed by atoms with van der Waals surface area (Å²) in [6.07, 6.45) is 0. The summed E-state index contributed by atoms with van der Waals surface area (Å²) in [7, 11) is 0. The van der Waals surface area contributed by atoms with Gasteiger partial charge in [0.2, 0.25) is 0 Å². The zero-order valence-electron chi connectivity index (χ0n) is 39.1. The van der Waals surface area contributed by atoms with E-state index in [9.17, 15) is 0 Å². The Hall–Kier alpha value is -9.52. The number of hydrogen-bond donors (Lipinski definition) is 0. The van der Waals surface area contributed by atoms with Gasteiger partial charge >= 0.3 is 0 Å². The van der Waals surface area contributed by atoms with Crippen LogP contribution in [-0.4, -0.2) is 20.4 Å². The number of aromatic nitrogens is 3. The molecule has 0 amide bonds. The Labute approximate surface area is 416 Å². The van der Waals surface area contributed by atoms with Gasteiger partial charge in [-0.1, -0.05) is 164 Å². The van der Waals surface area contributed by atoms with Crippen LogP contribution in [0.2, 0.25) is 0 Å². The molecule has 0 bridgehead atoms. The molecule has 0 N–H and O–H groups in total. The number of para-hydroxylation sites is 9. The second kappa shape index (κ2) is 15.0. The zero-order chi connectivity index (χ0) is 47.0. The molecular weight excluding hydrogens is 874 g/mol. The summed E-state index contributed by atoms with van der Waals surface area (Å²) in [5.41, 5.74) is 21.3. The summed E-state index contributed by atoms with van der Waals surface area (Å²) in [5, 5.41) is 7.43. The Morgan fingerprint density at radius 3 is 1.31 bits per heavy atom. The number of benzene rings is 11. The first-order valence-corrected chi connectivity index (χ1v) is 24.9. The lowest BCUT2D eigenvalue weighted by atomic mass is 9.34. The van der Waals surface area contributed by atoms with E-state index in [0.29, 0.717) is 0 Å². The molecule has 72 heavy (non-hydrogen) atoms. The first-order chi connectivity index (χ1) is 35.8. The van der Waals surface area contributed by atoms with Crippen molar-refractivity contribution in [2.75, 3.05) is 9.80 Å². The van der Waals surface area contributed by atoms with E-state index in [1.165, 1.54) is 98.9 Å². The largest absolute Gasteiger partial charge is 0.311 e. The fourth-order valence-corrected chi connectivity index (χ4v) is 12.8. The van der Waals surface area contributed by atoms with E-state index >= 15 is 0 Å². The average Bonchev–Trinajstić information content (AvgIpc) is 4.10. The third-order valence-electron chi connectivity index (χ3n) is 15.5. The van der Waals surface area contributed by atoms with Crippen molar-refractivity contribution in [2.24, 2.45) is 0 Å². The van der Waals surface area contributed by atoms with E-state index in [2.05, 4.69) is 278 Å². The Morgan fingerprint density at radius 2 is 0.722 bits per heavy atom. The molecule has 6 heteroatoms. The molecule has 14 aromatic rings. The van der Waals surface area contributed by atoms with Crippen molar-refractivity contribution >= 4 is 123 Å². The summed E-state index contributed by atoms with van der Waals surface area (Å²) >= 11 is 0. The van der Waals surface area contributed by atoms with Crippen molar-refractivity contribution in [3.8, 4) is 17.1 Å². The summed E-state index contributed by atoms with van der Waals surface area (Å²) in [6.45, 7) is -0.0424. The minimum absolute atomic E-state index is 0.0424. The minimum Gasteiger partial charge on any atom is -0.311 e. The van der Waals surface area contributed by atoms with Crippen LogP contribution in [-0.2, 0) is 0 Å². The molecule has 0 atom stereocenters. The molecule has 0 unspecified atom stereocenters. The van der Waals surface area contributed by atoms with Crippen LogP contribution in [0.15, 0.2) is 255 Å². The van der Waals surface area contributed by atoms with Gasteiger partial charge in [0.15, 0.2) is 0 Å². The fourth-order valence-electron chi connectivity index (χ4n) is 12.8. The quantitative estimate of drug-likeness (QED) is 0.155. The van der Waals surface area contributed by atoms with Crippen LogP contribution >= 0.6 is 0 Å². The lowest BCUT2D eigenvalue weighted by Gasteiger charge is -2.41. The van der Waals surface area contributed by atoms with Gasteiger partial charge < -0.3 is 23.5 Å². The average molecular weight is 916 g/mol. The Bertz CT molecular complexity index is 4460. The first-order valence-electron chi connectivity index (χ1n) is 24.9. The predicted molar refractivity (Wildman–Crippen MR) is 303 cm³/mol. The molecular formula is C66H42BN5. The van der Waals surface area contributed by atoms with E-state index in [0.717, 1.165) is 34.1 Å². The van der Waals surface area contributed by atoms with E-state index in [4.69, 9.17) is 0 Å². The minimum atomic E-state index is -0.0424. The number of hydrogen-bond acceptors (Lipinski definition) is 2. The lowest BCUT2D eigenvalue weighted by Crippen LogP contribution is -2.60. The fraction of sp³-hybridized carbons (Fsp3) is 0. The van der Waals surface area contributed by atoms with Crippen LogP contribution in [0.4, 0.5) is 34.1 Å². The van der Waals surface area contributed by atoms with Crippen LogP contribution in [0.5, 0.6) is 0 Å². The van der Waals surface area contributed by atoms with Gasteiger partial charge in [0.1, 0.15) is 0 Å². The zero-order valence-corrected chi connectivity index (χ0v) is 39.1. The molecule has 5 nitrogen and oxygen atoms in total. The van der Waals surface area contributed by atoms with Crippen LogP contribution in [0, 0.1) is 0 Å². The van der Waals surface area contributed by atoms with Crippen LogP contribution in [0.1, 0.15) is 0 Å².